The van der Waals surface area contributed by atoms with Gasteiger partial charge in [-0.1, -0.05) is 0 Å². The van der Waals surface area contributed by atoms with Gasteiger partial charge < -0.3 is 36.5 Å². The van der Waals surface area contributed by atoms with Gasteiger partial charge in [0, 0.05) is 30.6 Å². The molecule has 2 rings (SSSR count). The van der Waals surface area contributed by atoms with E-state index in [0.717, 1.165) is 0 Å². The van der Waals surface area contributed by atoms with Crippen LogP contribution in [0.3, 0.4) is 0 Å². The van der Waals surface area contributed by atoms with Gasteiger partial charge in [0.15, 0.2) is 0 Å². The van der Waals surface area contributed by atoms with Gasteiger partial charge in [-0.15, -0.1) is 0 Å². The van der Waals surface area contributed by atoms with E-state index in [1.807, 2.05) is 0 Å². The molecular weight excluding hydrogens is 444 g/mol. The highest BCUT2D eigenvalue weighted by Gasteiger charge is 2.39. The van der Waals surface area contributed by atoms with Crippen LogP contribution in [0.2, 0.25) is 0 Å². The summed E-state index contributed by atoms with van der Waals surface area (Å²) in [7, 11) is 0. The van der Waals surface area contributed by atoms with Gasteiger partial charge in [-0.2, -0.15) is 12.6 Å². The zero-order valence-corrected chi connectivity index (χ0v) is 18.0. The van der Waals surface area contributed by atoms with E-state index >= 15 is 0 Å². The van der Waals surface area contributed by atoms with E-state index in [1.54, 1.807) is 0 Å². The molecule has 3 amide bonds. The third-order valence-corrected chi connectivity index (χ3v) is 5.33. The van der Waals surface area contributed by atoms with Crippen LogP contribution < -0.4 is 16.4 Å². The molecular formula is C18H26N6O7S. The Kier molecular flexibility index (Phi) is 9.02. The number of carboxylic acids is 2. The summed E-state index contributed by atoms with van der Waals surface area (Å²) in [6, 6.07) is -4.62. The van der Waals surface area contributed by atoms with E-state index in [9.17, 15) is 29.1 Å². The Bertz CT molecular complexity index is 849. The first-order chi connectivity index (χ1) is 15.1. The Morgan fingerprint density at radius 3 is 2.53 bits per heavy atom. The van der Waals surface area contributed by atoms with Crippen molar-refractivity contribution in [2.45, 2.75) is 49.9 Å². The van der Waals surface area contributed by atoms with Gasteiger partial charge in [-0.25, -0.2) is 9.78 Å². The lowest BCUT2D eigenvalue weighted by Gasteiger charge is -2.29. The summed E-state index contributed by atoms with van der Waals surface area (Å²) in [6.07, 6.45) is 3.04. The molecule has 1 aliphatic heterocycles. The second-order valence-corrected chi connectivity index (χ2v) is 7.68. The summed E-state index contributed by atoms with van der Waals surface area (Å²) in [5.74, 6) is -4.65. The number of nitrogens with two attached hydrogens (primary N) is 1. The molecule has 0 radical (unpaired) electrons. The van der Waals surface area contributed by atoms with Crippen LogP contribution in [0.5, 0.6) is 0 Å². The average molecular weight is 471 g/mol. The monoisotopic (exact) mass is 470 g/mol. The van der Waals surface area contributed by atoms with Crippen LogP contribution in [0.1, 0.15) is 25.0 Å². The molecule has 1 aromatic heterocycles. The van der Waals surface area contributed by atoms with Crippen LogP contribution in [-0.4, -0.2) is 91.2 Å². The quantitative estimate of drug-likeness (QED) is 0.174. The van der Waals surface area contributed by atoms with E-state index < -0.39 is 60.2 Å². The number of likely N-dealkylation sites (tertiary alicyclic amines) is 1. The number of H-pyrrole nitrogens is 1. The van der Waals surface area contributed by atoms with Crippen LogP contribution in [0.25, 0.3) is 0 Å². The Morgan fingerprint density at radius 1 is 1.25 bits per heavy atom. The van der Waals surface area contributed by atoms with Gasteiger partial charge in [0.1, 0.15) is 18.1 Å². The van der Waals surface area contributed by atoms with Crippen molar-refractivity contribution >= 4 is 42.3 Å². The molecule has 4 unspecified atom stereocenters. The van der Waals surface area contributed by atoms with Crippen LogP contribution in [0, 0.1) is 0 Å². The van der Waals surface area contributed by atoms with Crippen LogP contribution >= 0.6 is 12.6 Å². The topological polar surface area (TPSA) is 208 Å². The number of aromatic amines is 1. The van der Waals surface area contributed by atoms with Gasteiger partial charge in [0.2, 0.25) is 17.7 Å². The predicted octanol–water partition coefficient (Wildman–Crippen LogP) is -2.27. The van der Waals surface area contributed by atoms with Gasteiger partial charge in [0.05, 0.1) is 18.8 Å². The summed E-state index contributed by atoms with van der Waals surface area (Å²) in [5, 5.41) is 23.0. The Morgan fingerprint density at radius 2 is 1.97 bits per heavy atom. The van der Waals surface area contributed by atoms with Crippen molar-refractivity contribution in [2.75, 3.05) is 12.3 Å². The maximum atomic E-state index is 12.9. The maximum Gasteiger partial charge on any atom is 0.326 e. The third-order valence-electron chi connectivity index (χ3n) is 4.96. The van der Waals surface area contributed by atoms with Crippen molar-refractivity contribution in [1.82, 2.24) is 25.5 Å². The molecule has 13 nitrogen and oxygen atoms in total. The smallest absolute Gasteiger partial charge is 0.326 e. The van der Waals surface area contributed by atoms with E-state index in [1.165, 1.54) is 17.4 Å². The van der Waals surface area contributed by atoms with Crippen LogP contribution in [0.4, 0.5) is 0 Å². The van der Waals surface area contributed by atoms with Gasteiger partial charge in [0.25, 0.3) is 0 Å². The second kappa shape index (κ2) is 11.5. The molecule has 7 N–H and O–H groups in total. The fraction of sp³-hybridized carbons (Fsp3) is 0.556. The standard InChI is InChI=1S/C18H26N6O7S/c19-10(5-14(25)26)15(27)23-12(7-32)17(29)24-3-1-2-13(24)16(28)22-11(18(30)31)4-9-6-20-8-21-9/h6,8,10-13,32H,1-5,7,19H2,(H,20,21)(H,22,28)(H,23,27)(H,25,26)(H,30,31). The zero-order valence-electron chi connectivity index (χ0n) is 17.1. The number of aromatic nitrogens is 2. The molecule has 0 aliphatic carbocycles. The largest absolute Gasteiger partial charge is 0.481 e. The van der Waals surface area contributed by atoms with Gasteiger partial charge in [-0.3, -0.25) is 19.2 Å². The van der Waals surface area contributed by atoms with Gasteiger partial charge >= 0.3 is 11.9 Å². The lowest BCUT2D eigenvalue weighted by molar-refractivity contribution is -0.144. The molecule has 0 spiro atoms. The number of nitrogens with zero attached hydrogens (tertiary/aromatic N) is 2. The number of amides is 3. The zero-order chi connectivity index (χ0) is 23.8. The number of hydrogen-bond acceptors (Lipinski definition) is 8. The summed E-state index contributed by atoms with van der Waals surface area (Å²) in [4.78, 5) is 67.9. The van der Waals surface area contributed by atoms with Gasteiger partial charge in [-0.05, 0) is 12.8 Å². The Balaban J connectivity index is 2.04. The lowest BCUT2D eigenvalue weighted by Crippen LogP contribution is -2.57. The number of thiol groups is 1. The number of imidazole rings is 1. The molecule has 1 fully saturated rings. The van der Waals surface area contributed by atoms with E-state index in [0.29, 0.717) is 18.5 Å². The molecule has 32 heavy (non-hydrogen) atoms. The number of hydrogen-bond donors (Lipinski definition) is 7. The molecule has 4 atom stereocenters. The first kappa shape index (κ1) is 25.1. The number of aliphatic carboxylic acids is 2. The molecule has 2 heterocycles. The predicted molar refractivity (Wildman–Crippen MR) is 113 cm³/mol. The number of carboxylic acid groups (broad SMARTS) is 2. The molecule has 1 aliphatic rings. The van der Waals surface area contributed by atoms with Crippen molar-refractivity contribution in [2.24, 2.45) is 5.73 Å². The molecule has 14 heteroatoms. The van der Waals surface area contributed by atoms with E-state index in [4.69, 9.17) is 10.8 Å². The molecule has 1 aromatic rings. The summed E-state index contributed by atoms with van der Waals surface area (Å²) >= 11 is 4.07. The Hall–Kier alpha value is -3.13. The minimum Gasteiger partial charge on any atom is -0.481 e. The van der Waals surface area contributed by atoms with Crippen molar-refractivity contribution in [3.8, 4) is 0 Å². The van der Waals surface area contributed by atoms with Crippen molar-refractivity contribution in [1.29, 1.82) is 0 Å². The SMILES string of the molecule is NC(CC(=O)O)C(=O)NC(CS)C(=O)N1CCCC1C(=O)NC(Cc1cnc[nH]1)C(=O)O. The molecule has 0 aromatic carbocycles. The number of nitrogens with one attached hydrogen (secondary N) is 3. The fourth-order valence-corrected chi connectivity index (χ4v) is 3.58. The van der Waals surface area contributed by atoms with E-state index in [-0.39, 0.29) is 18.7 Å². The Labute approximate surface area is 188 Å². The van der Waals surface area contributed by atoms with E-state index in [2.05, 4.69) is 33.2 Å². The summed E-state index contributed by atoms with van der Waals surface area (Å²) in [6.45, 7) is 0.233. The lowest BCUT2D eigenvalue weighted by atomic mass is 10.1. The number of carbonyl (C=O) groups is 5. The highest BCUT2D eigenvalue weighted by Crippen LogP contribution is 2.19. The average Bonchev–Trinajstić information content (AvgIpc) is 3.42. The molecule has 1 saturated heterocycles. The fourth-order valence-electron chi connectivity index (χ4n) is 3.33. The molecule has 0 saturated carbocycles. The van der Waals surface area contributed by atoms with Crippen LogP contribution in [0.15, 0.2) is 12.5 Å². The normalized spacial score (nSPS) is 18.4. The minimum atomic E-state index is -1.35. The van der Waals surface area contributed by atoms with Crippen molar-refractivity contribution < 1.29 is 34.2 Å². The first-order valence-corrected chi connectivity index (χ1v) is 10.5. The van der Waals surface area contributed by atoms with Crippen molar-refractivity contribution in [3.63, 3.8) is 0 Å². The maximum absolute atomic E-state index is 12.9. The summed E-state index contributed by atoms with van der Waals surface area (Å²) < 4.78 is 0. The highest BCUT2D eigenvalue weighted by atomic mass is 32.1. The number of rotatable bonds is 11. The van der Waals surface area contributed by atoms with Crippen molar-refractivity contribution in [3.05, 3.63) is 18.2 Å². The molecule has 176 valence electrons. The summed E-state index contributed by atoms with van der Waals surface area (Å²) in [5.41, 5.74) is 6.04. The van der Waals surface area contributed by atoms with Crippen LogP contribution in [-0.2, 0) is 30.4 Å². The highest BCUT2D eigenvalue weighted by molar-refractivity contribution is 7.80. The first-order valence-electron chi connectivity index (χ1n) is 9.83. The minimum absolute atomic E-state index is 0.0153. The third kappa shape index (κ3) is 6.68. The number of carbonyl (C=O) groups excluding carboxylic acids is 3. The molecule has 0 bridgehead atoms. The second-order valence-electron chi connectivity index (χ2n) is 7.32.